The molecule has 1 amide bonds. The first-order chi connectivity index (χ1) is 8.97. The zero-order valence-corrected chi connectivity index (χ0v) is 12.0. The van der Waals surface area contributed by atoms with E-state index in [1.54, 1.807) is 4.90 Å². The smallest absolute Gasteiger partial charge is 0.317 e. The molecule has 2 saturated heterocycles. The Morgan fingerprint density at radius 2 is 2.37 bits per heavy atom. The van der Waals surface area contributed by atoms with E-state index in [9.17, 15) is 14.7 Å². The van der Waals surface area contributed by atoms with Gasteiger partial charge in [-0.3, -0.25) is 9.59 Å². The molecule has 102 valence electrons. The van der Waals surface area contributed by atoms with Crippen molar-refractivity contribution >= 4 is 35.0 Å². The van der Waals surface area contributed by atoms with Crippen molar-refractivity contribution in [3.8, 4) is 0 Å². The van der Waals surface area contributed by atoms with Crippen LogP contribution in [0.4, 0.5) is 0 Å². The Bertz CT molecular complexity index is 559. The lowest BCUT2D eigenvalue weighted by Crippen LogP contribution is -2.72. The number of rotatable bonds is 2. The van der Waals surface area contributed by atoms with Gasteiger partial charge in [0.25, 0.3) is 0 Å². The Morgan fingerprint density at radius 3 is 2.95 bits per heavy atom. The maximum absolute atomic E-state index is 11.8. The highest BCUT2D eigenvalue weighted by Gasteiger charge is 2.57. The fourth-order valence-corrected chi connectivity index (χ4v) is 5.40. The van der Waals surface area contributed by atoms with Crippen LogP contribution in [0.25, 0.3) is 0 Å². The second-order valence-electron chi connectivity index (χ2n) is 5.01. The highest BCUT2D eigenvalue weighted by molar-refractivity contribution is 8.00. The van der Waals surface area contributed by atoms with E-state index in [0.717, 1.165) is 10.4 Å². The van der Waals surface area contributed by atoms with Crippen LogP contribution in [-0.2, 0) is 15.0 Å². The lowest BCUT2D eigenvalue weighted by atomic mass is 9.84. The van der Waals surface area contributed by atoms with Gasteiger partial charge in [0.2, 0.25) is 5.91 Å². The third-order valence-electron chi connectivity index (χ3n) is 3.83. The van der Waals surface area contributed by atoms with Crippen molar-refractivity contribution in [3.05, 3.63) is 21.9 Å². The van der Waals surface area contributed by atoms with Crippen molar-refractivity contribution in [3.63, 3.8) is 0 Å². The van der Waals surface area contributed by atoms with Crippen LogP contribution in [0.15, 0.2) is 11.4 Å². The molecular weight excluding hydrogens is 284 g/mol. The van der Waals surface area contributed by atoms with Crippen molar-refractivity contribution in [2.45, 2.75) is 23.8 Å². The van der Waals surface area contributed by atoms with E-state index in [4.69, 9.17) is 5.73 Å². The fraction of sp³-hybridized carbons (Fsp3) is 0.500. The second kappa shape index (κ2) is 4.22. The molecule has 0 radical (unpaired) electrons. The Labute approximate surface area is 118 Å². The number of amides is 1. The summed E-state index contributed by atoms with van der Waals surface area (Å²) in [5.41, 5.74) is 5.72. The molecule has 2 fully saturated rings. The third kappa shape index (κ3) is 1.65. The van der Waals surface area contributed by atoms with Gasteiger partial charge in [0.05, 0.1) is 0 Å². The molecular formula is C12H14N2O3S2. The average Bonchev–Trinajstić information content (AvgIpc) is 2.83. The van der Waals surface area contributed by atoms with Crippen molar-refractivity contribution < 1.29 is 14.7 Å². The summed E-state index contributed by atoms with van der Waals surface area (Å²) in [6, 6.07) is 1.45. The van der Waals surface area contributed by atoms with Gasteiger partial charge in [-0.2, -0.15) is 0 Å². The van der Waals surface area contributed by atoms with Crippen LogP contribution in [0.5, 0.6) is 0 Å². The van der Waals surface area contributed by atoms with E-state index >= 15 is 0 Å². The minimum Gasteiger partial charge on any atom is -0.480 e. The van der Waals surface area contributed by atoms with Gasteiger partial charge in [-0.05, 0) is 23.9 Å². The third-order valence-corrected chi connectivity index (χ3v) is 6.60. The monoisotopic (exact) mass is 298 g/mol. The number of thioether (sulfide) groups is 1. The molecule has 3 rings (SSSR count). The molecule has 0 bridgehead atoms. The van der Waals surface area contributed by atoms with Gasteiger partial charge in [-0.15, -0.1) is 23.1 Å². The van der Waals surface area contributed by atoms with Gasteiger partial charge in [-0.1, -0.05) is 0 Å². The predicted molar refractivity (Wildman–Crippen MR) is 74.3 cm³/mol. The normalized spacial score (nSPS) is 33.8. The first kappa shape index (κ1) is 13.0. The van der Waals surface area contributed by atoms with Crippen LogP contribution >= 0.6 is 23.1 Å². The number of carbonyl (C=O) groups is 2. The predicted octanol–water partition coefficient (Wildman–Crippen LogP) is 0.621. The van der Waals surface area contributed by atoms with Gasteiger partial charge >= 0.3 is 5.97 Å². The van der Waals surface area contributed by atoms with E-state index < -0.39 is 17.4 Å². The quantitative estimate of drug-likeness (QED) is 0.782. The molecule has 2 aliphatic heterocycles. The topological polar surface area (TPSA) is 83.6 Å². The Kier molecular flexibility index (Phi) is 2.88. The van der Waals surface area contributed by atoms with Crippen molar-refractivity contribution in [2.75, 3.05) is 12.3 Å². The molecule has 0 spiro atoms. The molecule has 0 aromatic carbocycles. The van der Waals surface area contributed by atoms with Crippen LogP contribution in [-0.4, -0.2) is 45.6 Å². The summed E-state index contributed by atoms with van der Waals surface area (Å²) in [6.07, 6.45) is 0. The van der Waals surface area contributed by atoms with Crippen molar-refractivity contribution in [1.29, 1.82) is 0 Å². The number of β-lactam (4-membered cyclic amide) rings is 1. The number of aryl methyl sites for hydroxylation is 1. The average molecular weight is 298 g/mol. The Morgan fingerprint density at radius 1 is 1.63 bits per heavy atom. The highest BCUT2D eigenvalue weighted by Crippen LogP contribution is 2.45. The van der Waals surface area contributed by atoms with Crippen molar-refractivity contribution in [1.82, 2.24) is 4.90 Å². The molecule has 3 heterocycles. The number of carboxylic acids is 1. The minimum atomic E-state index is -0.991. The summed E-state index contributed by atoms with van der Waals surface area (Å²) in [5, 5.41) is 11.5. The molecule has 2 aliphatic rings. The fourth-order valence-electron chi connectivity index (χ4n) is 2.70. The number of fused-ring (bicyclic) bond motifs is 1. The van der Waals surface area contributed by atoms with E-state index in [0.29, 0.717) is 5.75 Å². The molecule has 5 nitrogen and oxygen atoms in total. The standard InChI is InChI=1S/C12H14N2O3S2/c1-6-2-3-18-8(6)12(11(16)17)4-14-9(15)7(13)10(14)19-5-12/h2-3,7,10H,4-5,13H2,1H3,(H,16,17)/t7?,10-,12?/m1/s1. The molecule has 3 N–H and O–H groups in total. The summed E-state index contributed by atoms with van der Waals surface area (Å²) in [7, 11) is 0. The lowest BCUT2D eigenvalue weighted by molar-refractivity contribution is -0.151. The van der Waals surface area contributed by atoms with Gasteiger partial charge < -0.3 is 15.7 Å². The summed E-state index contributed by atoms with van der Waals surface area (Å²) in [6.45, 7) is 2.14. The largest absolute Gasteiger partial charge is 0.480 e. The molecule has 1 aromatic heterocycles. The van der Waals surface area contributed by atoms with Crippen LogP contribution < -0.4 is 5.73 Å². The number of thiophene rings is 1. The number of aliphatic carboxylic acids is 1. The summed E-state index contributed by atoms with van der Waals surface area (Å²) in [5.74, 6) is -0.541. The maximum Gasteiger partial charge on any atom is 0.317 e. The number of hydrogen-bond donors (Lipinski definition) is 2. The highest BCUT2D eigenvalue weighted by atomic mass is 32.2. The Hall–Kier alpha value is -1.05. The zero-order chi connectivity index (χ0) is 13.8. The first-order valence-electron chi connectivity index (χ1n) is 5.93. The second-order valence-corrected chi connectivity index (χ2v) is 7.03. The van der Waals surface area contributed by atoms with Crippen LogP contribution in [0, 0.1) is 6.92 Å². The van der Waals surface area contributed by atoms with Crippen molar-refractivity contribution in [2.24, 2.45) is 5.73 Å². The van der Waals surface area contributed by atoms with Gasteiger partial charge in [-0.25, -0.2) is 0 Å². The van der Waals surface area contributed by atoms with Gasteiger partial charge in [0, 0.05) is 17.2 Å². The van der Waals surface area contributed by atoms with Gasteiger partial charge in [0.1, 0.15) is 16.8 Å². The van der Waals surface area contributed by atoms with E-state index in [1.165, 1.54) is 23.1 Å². The van der Waals surface area contributed by atoms with E-state index in [1.807, 2.05) is 18.4 Å². The molecule has 0 aliphatic carbocycles. The molecule has 2 unspecified atom stereocenters. The van der Waals surface area contributed by atoms with Crippen LogP contribution in [0.2, 0.25) is 0 Å². The molecule has 0 saturated carbocycles. The number of nitrogens with two attached hydrogens (primary N) is 1. The maximum atomic E-state index is 11.8. The zero-order valence-electron chi connectivity index (χ0n) is 10.3. The van der Waals surface area contributed by atoms with E-state index in [2.05, 4.69) is 0 Å². The number of nitrogens with zero attached hydrogens (tertiary/aromatic N) is 1. The number of carbonyl (C=O) groups excluding carboxylic acids is 1. The first-order valence-corrected chi connectivity index (χ1v) is 7.86. The molecule has 7 heteroatoms. The summed E-state index contributed by atoms with van der Waals surface area (Å²) < 4.78 is 0. The Balaban J connectivity index is 1.98. The van der Waals surface area contributed by atoms with Gasteiger partial charge in [0.15, 0.2) is 0 Å². The van der Waals surface area contributed by atoms with E-state index in [-0.39, 0.29) is 17.8 Å². The van der Waals surface area contributed by atoms with Crippen LogP contribution in [0.3, 0.4) is 0 Å². The SMILES string of the molecule is Cc1ccsc1C1(C(=O)O)CS[C@@H]2C(N)C(=O)N2C1. The summed E-state index contributed by atoms with van der Waals surface area (Å²) in [4.78, 5) is 26.0. The molecule has 19 heavy (non-hydrogen) atoms. The summed E-state index contributed by atoms with van der Waals surface area (Å²) >= 11 is 2.92. The lowest BCUT2D eigenvalue weighted by Gasteiger charge is -2.52. The minimum absolute atomic E-state index is 0.0553. The molecule has 1 aromatic rings. The number of carboxylic acid groups (broad SMARTS) is 1. The number of hydrogen-bond acceptors (Lipinski definition) is 5. The molecule has 3 atom stereocenters. The van der Waals surface area contributed by atoms with Crippen LogP contribution in [0.1, 0.15) is 10.4 Å².